The minimum Gasteiger partial charge on any atom is -0.508 e. The molecule has 0 amide bonds. The van der Waals surface area contributed by atoms with Gasteiger partial charge in [-0.15, -0.1) is 0 Å². The van der Waals surface area contributed by atoms with Gasteiger partial charge in [-0.05, 0) is 29.8 Å². The third-order valence-electron chi connectivity index (χ3n) is 4.99. The van der Waals surface area contributed by atoms with Crippen molar-refractivity contribution >= 4 is 16.9 Å². The molecule has 1 saturated heterocycles. The molecule has 10 heteroatoms. The lowest BCUT2D eigenvalue weighted by Crippen LogP contribution is -2.61. The summed E-state index contributed by atoms with van der Waals surface area (Å²) in [6.07, 6.45) is -7.47. The summed E-state index contributed by atoms with van der Waals surface area (Å²) in [5.74, 6) is -1.39. The number of aliphatic hydroxyl groups is 3. The van der Waals surface area contributed by atoms with Crippen molar-refractivity contribution in [3.05, 3.63) is 59.0 Å². The summed E-state index contributed by atoms with van der Waals surface area (Å²) >= 11 is 0. The Morgan fingerprint density at radius 3 is 2.35 bits per heavy atom. The number of aromatic hydroxyl groups is 1. The van der Waals surface area contributed by atoms with E-state index < -0.39 is 36.7 Å². The van der Waals surface area contributed by atoms with Crippen molar-refractivity contribution in [2.75, 3.05) is 0 Å². The van der Waals surface area contributed by atoms with Gasteiger partial charge in [0.2, 0.25) is 6.29 Å². The number of carbonyl (C=O) groups is 1. The van der Waals surface area contributed by atoms with E-state index in [4.69, 9.17) is 19.0 Å². The highest BCUT2D eigenvalue weighted by atomic mass is 16.7. The van der Waals surface area contributed by atoms with Crippen LogP contribution in [0, 0.1) is 0 Å². The number of aliphatic hydroxyl groups excluding tert-OH is 3. The van der Waals surface area contributed by atoms with E-state index in [1.807, 2.05) is 0 Å². The fourth-order valence-electron chi connectivity index (χ4n) is 3.31. The van der Waals surface area contributed by atoms with Crippen molar-refractivity contribution in [3.63, 3.8) is 0 Å². The van der Waals surface area contributed by atoms with E-state index in [9.17, 15) is 30.0 Å². The first-order chi connectivity index (χ1) is 14.8. The van der Waals surface area contributed by atoms with Gasteiger partial charge in [-0.1, -0.05) is 12.1 Å². The van der Waals surface area contributed by atoms with Crippen LogP contribution in [0.15, 0.2) is 57.9 Å². The lowest BCUT2D eigenvalue weighted by atomic mass is 9.99. The van der Waals surface area contributed by atoms with Crippen LogP contribution in [0.1, 0.15) is 0 Å². The lowest BCUT2D eigenvalue weighted by Gasteiger charge is -2.38. The quantitative estimate of drug-likeness (QED) is 0.392. The van der Waals surface area contributed by atoms with Gasteiger partial charge >= 0.3 is 5.97 Å². The van der Waals surface area contributed by atoms with Crippen LogP contribution >= 0.6 is 0 Å². The van der Waals surface area contributed by atoms with Gasteiger partial charge in [-0.2, -0.15) is 0 Å². The molecule has 31 heavy (non-hydrogen) atoms. The van der Waals surface area contributed by atoms with Crippen LogP contribution in [-0.2, 0) is 9.53 Å². The van der Waals surface area contributed by atoms with Crippen LogP contribution in [0.5, 0.6) is 11.5 Å². The molecule has 0 bridgehead atoms. The smallest absolute Gasteiger partial charge is 0.335 e. The molecule has 2 aromatic carbocycles. The summed E-state index contributed by atoms with van der Waals surface area (Å²) in [5, 5.41) is 48.4. The average Bonchev–Trinajstić information content (AvgIpc) is 2.75. The highest BCUT2D eigenvalue weighted by molar-refractivity contribution is 5.82. The fourth-order valence-corrected chi connectivity index (χ4v) is 3.31. The van der Waals surface area contributed by atoms with Gasteiger partial charge in [0.05, 0.1) is 10.9 Å². The molecule has 0 aliphatic carbocycles. The van der Waals surface area contributed by atoms with Crippen molar-refractivity contribution < 1.29 is 44.2 Å². The van der Waals surface area contributed by atoms with Crippen LogP contribution < -0.4 is 10.2 Å². The second kappa shape index (κ2) is 8.00. The number of rotatable bonds is 4. The molecule has 1 aliphatic rings. The van der Waals surface area contributed by atoms with E-state index in [1.54, 1.807) is 12.1 Å². The van der Waals surface area contributed by atoms with Crippen LogP contribution in [-0.4, -0.2) is 62.2 Å². The summed E-state index contributed by atoms with van der Waals surface area (Å²) in [5.41, 5.74) is 0.677. The standard InChI is InChI=1S/C21H18O10/c22-10-3-1-9(2-4-10)13-8-29-14-7-11(5-6-12(14)15(13)23)30-21-18(26)16(24)17(25)19(31-21)20(27)28/h1-8,16-19,21-22,24-26H,(H,27,28)/t16?,17-,18?,19?,21+/m0/s1. The Kier molecular flexibility index (Phi) is 5.38. The molecule has 2 heterocycles. The molecule has 5 atom stereocenters. The van der Waals surface area contributed by atoms with Gasteiger partial charge < -0.3 is 39.4 Å². The fraction of sp³-hybridized carbons (Fsp3) is 0.238. The van der Waals surface area contributed by atoms with Crippen molar-refractivity contribution in [1.82, 2.24) is 0 Å². The molecule has 3 unspecified atom stereocenters. The van der Waals surface area contributed by atoms with Crippen molar-refractivity contribution in [3.8, 4) is 22.6 Å². The summed E-state index contributed by atoms with van der Waals surface area (Å²) in [7, 11) is 0. The number of aliphatic carboxylic acids is 1. The maximum atomic E-state index is 12.8. The first-order valence-corrected chi connectivity index (χ1v) is 9.20. The Labute approximate surface area is 174 Å². The van der Waals surface area contributed by atoms with Crippen LogP contribution in [0.4, 0.5) is 0 Å². The first-order valence-electron chi connectivity index (χ1n) is 9.20. The largest absolute Gasteiger partial charge is 0.508 e. The van der Waals surface area contributed by atoms with Gasteiger partial charge in [0.1, 0.15) is 41.7 Å². The monoisotopic (exact) mass is 430 g/mol. The maximum absolute atomic E-state index is 12.8. The van der Waals surface area contributed by atoms with E-state index in [2.05, 4.69) is 0 Å². The molecule has 4 rings (SSSR count). The van der Waals surface area contributed by atoms with E-state index in [0.29, 0.717) is 5.56 Å². The SMILES string of the molecule is O=C(O)C1O[C@@H](Oc2ccc3c(=O)c(-c4ccc(O)cc4)coc3c2)C(O)C(O)[C@@H]1O. The molecule has 162 valence electrons. The van der Waals surface area contributed by atoms with E-state index in [1.165, 1.54) is 36.6 Å². The number of hydrogen-bond acceptors (Lipinski definition) is 9. The second-order valence-electron chi connectivity index (χ2n) is 7.04. The third-order valence-corrected chi connectivity index (χ3v) is 4.99. The Hall–Kier alpha value is -3.44. The molecular formula is C21H18O10. The molecular weight excluding hydrogens is 412 g/mol. The van der Waals surface area contributed by atoms with E-state index in [0.717, 1.165) is 0 Å². The summed E-state index contributed by atoms with van der Waals surface area (Å²) in [6, 6.07) is 10.2. The molecule has 1 aromatic heterocycles. The van der Waals surface area contributed by atoms with Crippen molar-refractivity contribution in [2.24, 2.45) is 0 Å². The predicted molar refractivity (Wildman–Crippen MR) is 105 cm³/mol. The molecule has 0 spiro atoms. The highest BCUT2D eigenvalue weighted by Gasteiger charge is 2.48. The summed E-state index contributed by atoms with van der Waals surface area (Å²) in [4.78, 5) is 24.0. The normalized spacial score (nSPS) is 26.0. The second-order valence-corrected chi connectivity index (χ2v) is 7.04. The number of fused-ring (bicyclic) bond motifs is 1. The van der Waals surface area contributed by atoms with Gasteiger partial charge in [0, 0.05) is 6.07 Å². The van der Waals surface area contributed by atoms with E-state index >= 15 is 0 Å². The predicted octanol–water partition coefficient (Wildman–Crippen LogP) is 0.437. The topological polar surface area (TPSA) is 167 Å². The molecule has 3 aromatic rings. The minimum atomic E-state index is -1.83. The Morgan fingerprint density at radius 2 is 1.68 bits per heavy atom. The molecule has 1 aliphatic heterocycles. The van der Waals surface area contributed by atoms with Gasteiger partial charge in [-0.3, -0.25) is 4.79 Å². The summed E-state index contributed by atoms with van der Waals surface area (Å²) < 4.78 is 16.1. The minimum absolute atomic E-state index is 0.0608. The number of hydrogen-bond donors (Lipinski definition) is 5. The zero-order valence-electron chi connectivity index (χ0n) is 15.8. The number of phenols is 1. The van der Waals surface area contributed by atoms with Crippen LogP contribution in [0.25, 0.3) is 22.1 Å². The van der Waals surface area contributed by atoms with Crippen molar-refractivity contribution in [1.29, 1.82) is 0 Å². The Bertz CT molecular complexity index is 1170. The van der Waals surface area contributed by atoms with Crippen LogP contribution in [0.3, 0.4) is 0 Å². The van der Waals surface area contributed by atoms with Gasteiger partial charge in [0.25, 0.3) is 0 Å². The van der Waals surface area contributed by atoms with Crippen molar-refractivity contribution in [2.45, 2.75) is 30.7 Å². The molecule has 10 nitrogen and oxygen atoms in total. The maximum Gasteiger partial charge on any atom is 0.335 e. The lowest BCUT2D eigenvalue weighted by molar-refractivity contribution is -0.271. The summed E-state index contributed by atoms with van der Waals surface area (Å²) in [6.45, 7) is 0. The number of benzene rings is 2. The van der Waals surface area contributed by atoms with Gasteiger partial charge in [-0.25, -0.2) is 4.79 Å². The third kappa shape index (κ3) is 3.84. The zero-order chi connectivity index (χ0) is 22.3. The molecule has 5 N–H and O–H groups in total. The molecule has 0 saturated carbocycles. The average molecular weight is 430 g/mol. The van der Waals surface area contributed by atoms with E-state index in [-0.39, 0.29) is 33.5 Å². The number of phenolic OH excluding ortho intramolecular Hbond substituents is 1. The number of carboxylic acid groups (broad SMARTS) is 1. The number of ether oxygens (including phenoxy) is 2. The molecule has 0 radical (unpaired) electrons. The van der Waals surface area contributed by atoms with Gasteiger partial charge in [0.15, 0.2) is 11.5 Å². The highest BCUT2D eigenvalue weighted by Crippen LogP contribution is 2.28. The Balaban J connectivity index is 1.62. The zero-order valence-corrected chi connectivity index (χ0v) is 15.8. The first kappa shape index (κ1) is 20.8. The number of carboxylic acids is 1. The van der Waals surface area contributed by atoms with Crippen LogP contribution in [0.2, 0.25) is 0 Å². The molecule has 1 fully saturated rings. The Morgan fingerprint density at radius 1 is 0.968 bits per heavy atom.